The Kier molecular flexibility index (Phi) is 6.85. The molecular formula is C20H23N3O2. The fraction of sp³-hybridized carbons (Fsp3) is 0.300. The monoisotopic (exact) mass is 337 g/mol. The number of likely N-dealkylation sites (N-methyl/N-ethyl adjacent to an activating group) is 1. The zero-order valence-corrected chi connectivity index (χ0v) is 14.7. The molecule has 0 unspecified atom stereocenters. The molecule has 5 heteroatoms. The van der Waals surface area contributed by atoms with Crippen LogP contribution >= 0.6 is 0 Å². The first kappa shape index (κ1) is 18.3. The minimum Gasteiger partial charge on any atom is -0.484 e. The molecule has 0 aliphatic carbocycles. The molecule has 1 amide bonds. The van der Waals surface area contributed by atoms with E-state index in [4.69, 9.17) is 10.00 Å². The Hall–Kier alpha value is -3.00. The summed E-state index contributed by atoms with van der Waals surface area (Å²) in [6, 6.07) is 17.1. The molecule has 0 aliphatic rings. The first-order valence-electron chi connectivity index (χ1n) is 8.33. The number of nitrogens with zero attached hydrogens (tertiary/aromatic N) is 2. The van der Waals surface area contributed by atoms with Crippen LogP contribution in [0.1, 0.15) is 18.1 Å². The van der Waals surface area contributed by atoms with Crippen LogP contribution in [0, 0.1) is 18.3 Å². The zero-order chi connectivity index (χ0) is 18.1. The van der Waals surface area contributed by atoms with Crippen molar-refractivity contribution in [2.45, 2.75) is 13.8 Å². The normalized spacial score (nSPS) is 9.96. The van der Waals surface area contributed by atoms with Gasteiger partial charge in [-0.2, -0.15) is 5.26 Å². The van der Waals surface area contributed by atoms with Gasteiger partial charge in [0.25, 0.3) is 5.91 Å². The first-order valence-corrected chi connectivity index (χ1v) is 8.33. The van der Waals surface area contributed by atoms with Gasteiger partial charge in [-0.1, -0.05) is 18.2 Å². The molecule has 0 aromatic heterocycles. The molecule has 0 spiro atoms. The van der Waals surface area contributed by atoms with Crippen LogP contribution in [0.2, 0.25) is 0 Å². The predicted octanol–water partition coefficient (Wildman–Crippen LogP) is 2.89. The van der Waals surface area contributed by atoms with Crippen LogP contribution in [0.4, 0.5) is 5.69 Å². The van der Waals surface area contributed by atoms with E-state index in [2.05, 4.69) is 42.3 Å². The van der Waals surface area contributed by atoms with Gasteiger partial charge in [-0.25, -0.2) is 0 Å². The number of benzene rings is 2. The minimum absolute atomic E-state index is 0.0640. The Balaban J connectivity index is 1.76. The van der Waals surface area contributed by atoms with Crippen LogP contribution < -0.4 is 15.0 Å². The molecule has 2 rings (SSSR count). The highest BCUT2D eigenvalue weighted by Gasteiger charge is 2.07. The Morgan fingerprint density at radius 1 is 1.24 bits per heavy atom. The second kappa shape index (κ2) is 9.33. The quantitative estimate of drug-likeness (QED) is 0.804. The zero-order valence-electron chi connectivity index (χ0n) is 14.7. The van der Waals surface area contributed by atoms with Gasteiger partial charge in [0, 0.05) is 25.3 Å². The lowest BCUT2D eigenvalue weighted by molar-refractivity contribution is -0.123. The van der Waals surface area contributed by atoms with Crippen molar-refractivity contribution in [1.82, 2.24) is 5.32 Å². The molecule has 2 aromatic carbocycles. The second-order valence-corrected chi connectivity index (χ2v) is 5.70. The Labute approximate surface area is 148 Å². The van der Waals surface area contributed by atoms with Crippen LogP contribution in [-0.4, -0.2) is 32.1 Å². The van der Waals surface area contributed by atoms with Crippen LogP contribution in [0.5, 0.6) is 5.75 Å². The number of nitriles is 1. The van der Waals surface area contributed by atoms with Crippen molar-refractivity contribution >= 4 is 11.6 Å². The summed E-state index contributed by atoms with van der Waals surface area (Å²) in [5.74, 6) is 0.340. The average Bonchev–Trinajstić information content (AvgIpc) is 2.63. The van der Waals surface area contributed by atoms with Crippen molar-refractivity contribution in [3.8, 4) is 11.8 Å². The molecule has 130 valence electrons. The molecule has 25 heavy (non-hydrogen) atoms. The summed E-state index contributed by atoms with van der Waals surface area (Å²) in [5.41, 5.74) is 2.88. The SMILES string of the molecule is CCN(CCNC(=O)COc1cccc(C#N)c1)c1cccc(C)c1. The summed E-state index contributed by atoms with van der Waals surface area (Å²) >= 11 is 0. The van der Waals surface area contributed by atoms with Gasteiger partial charge in [0.1, 0.15) is 5.75 Å². The average molecular weight is 337 g/mol. The summed E-state index contributed by atoms with van der Waals surface area (Å²) in [6.07, 6.45) is 0. The van der Waals surface area contributed by atoms with Gasteiger partial charge in [-0.05, 0) is 49.7 Å². The van der Waals surface area contributed by atoms with E-state index in [9.17, 15) is 4.79 Å². The number of carbonyl (C=O) groups is 1. The van der Waals surface area contributed by atoms with E-state index >= 15 is 0 Å². The standard InChI is InChI=1S/C20H23N3O2/c1-3-23(18-8-4-6-16(2)12-18)11-10-22-20(24)15-25-19-9-5-7-17(13-19)14-21/h4-9,12-13H,3,10-11,15H2,1-2H3,(H,22,24). The maximum Gasteiger partial charge on any atom is 0.258 e. The topological polar surface area (TPSA) is 65.4 Å². The van der Waals surface area contributed by atoms with E-state index in [1.54, 1.807) is 24.3 Å². The van der Waals surface area contributed by atoms with E-state index in [0.29, 0.717) is 17.9 Å². The Morgan fingerprint density at radius 3 is 2.76 bits per heavy atom. The number of nitrogens with one attached hydrogen (secondary N) is 1. The molecule has 0 bridgehead atoms. The number of anilines is 1. The number of amides is 1. The molecule has 0 heterocycles. The van der Waals surface area contributed by atoms with Gasteiger partial charge in [-0.15, -0.1) is 0 Å². The lowest BCUT2D eigenvalue weighted by Crippen LogP contribution is -2.37. The molecule has 0 radical (unpaired) electrons. The molecule has 1 N–H and O–H groups in total. The highest BCUT2D eigenvalue weighted by atomic mass is 16.5. The van der Waals surface area contributed by atoms with Crippen molar-refractivity contribution < 1.29 is 9.53 Å². The summed E-state index contributed by atoms with van der Waals surface area (Å²) in [7, 11) is 0. The summed E-state index contributed by atoms with van der Waals surface area (Å²) in [6.45, 7) is 6.24. The number of ether oxygens (including phenoxy) is 1. The van der Waals surface area contributed by atoms with E-state index in [0.717, 1.165) is 18.8 Å². The van der Waals surface area contributed by atoms with Gasteiger partial charge in [-0.3, -0.25) is 4.79 Å². The highest BCUT2D eigenvalue weighted by molar-refractivity contribution is 5.77. The van der Waals surface area contributed by atoms with E-state index in [1.165, 1.54) is 5.56 Å². The minimum atomic E-state index is -0.178. The van der Waals surface area contributed by atoms with Gasteiger partial charge in [0.2, 0.25) is 0 Å². The lowest BCUT2D eigenvalue weighted by Gasteiger charge is -2.23. The number of carbonyl (C=O) groups excluding carboxylic acids is 1. The molecule has 0 fully saturated rings. The van der Waals surface area contributed by atoms with Crippen molar-refractivity contribution in [1.29, 1.82) is 5.26 Å². The van der Waals surface area contributed by atoms with Gasteiger partial charge in [0.15, 0.2) is 6.61 Å². The molecule has 0 saturated carbocycles. The largest absolute Gasteiger partial charge is 0.484 e. The molecule has 0 aliphatic heterocycles. The van der Waals surface area contributed by atoms with Crippen molar-refractivity contribution in [3.63, 3.8) is 0 Å². The fourth-order valence-electron chi connectivity index (χ4n) is 2.48. The number of rotatable bonds is 8. The first-order chi connectivity index (χ1) is 12.1. The Morgan fingerprint density at radius 2 is 2.04 bits per heavy atom. The van der Waals surface area contributed by atoms with Crippen LogP contribution in [0.3, 0.4) is 0 Å². The predicted molar refractivity (Wildman–Crippen MR) is 98.7 cm³/mol. The number of hydrogen-bond acceptors (Lipinski definition) is 4. The van der Waals surface area contributed by atoms with E-state index < -0.39 is 0 Å². The maximum atomic E-state index is 11.9. The third-order valence-electron chi connectivity index (χ3n) is 3.79. The fourth-order valence-corrected chi connectivity index (χ4v) is 2.48. The van der Waals surface area contributed by atoms with Crippen LogP contribution in [-0.2, 0) is 4.79 Å². The molecule has 2 aromatic rings. The molecular weight excluding hydrogens is 314 g/mol. The van der Waals surface area contributed by atoms with E-state index in [1.807, 2.05) is 12.1 Å². The third-order valence-corrected chi connectivity index (χ3v) is 3.79. The highest BCUT2D eigenvalue weighted by Crippen LogP contribution is 2.15. The summed E-state index contributed by atoms with van der Waals surface area (Å²) in [5, 5.41) is 11.7. The third kappa shape index (κ3) is 5.85. The van der Waals surface area contributed by atoms with Crippen LogP contribution in [0.15, 0.2) is 48.5 Å². The maximum absolute atomic E-state index is 11.9. The van der Waals surface area contributed by atoms with Crippen molar-refractivity contribution in [2.24, 2.45) is 0 Å². The van der Waals surface area contributed by atoms with Gasteiger partial charge in [0.05, 0.1) is 11.6 Å². The van der Waals surface area contributed by atoms with Crippen LogP contribution in [0.25, 0.3) is 0 Å². The smallest absolute Gasteiger partial charge is 0.258 e. The Bertz CT molecular complexity index is 753. The van der Waals surface area contributed by atoms with E-state index in [-0.39, 0.29) is 12.5 Å². The molecule has 0 atom stereocenters. The summed E-state index contributed by atoms with van der Waals surface area (Å²) in [4.78, 5) is 14.1. The number of aryl methyl sites for hydroxylation is 1. The van der Waals surface area contributed by atoms with Crippen molar-refractivity contribution in [3.05, 3.63) is 59.7 Å². The lowest BCUT2D eigenvalue weighted by atomic mass is 10.2. The molecule has 0 saturated heterocycles. The molecule has 5 nitrogen and oxygen atoms in total. The van der Waals surface area contributed by atoms with Gasteiger partial charge >= 0.3 is 0 Å². The summed E-state index contributed by atoms with van der Waals surface area (Å²) < 4.78 is 5.42. The van der Waals surface area contributed by atoms with Gasteiger partial charge < -0.3 is 15.0 Å². The van der Waals surface area contributed by atoms with Crippen molar-refractivity contribution in [2.75, 3.05) is 31.1 Å². The second-order valence-electron chi connectivity index (χ2n) is 5.70. The number of hydrogen-bond donors (Lipinski definition) is 1.